The third-order valence-corrected chi connectivity index (χ3v) is 5.97. The van der Waals surface area contributed by atoms with Crippen LogP contribution in [0.5, 0.6) is 5.75 Å². The summed E-state index contributed by atoms with van der Waals surface area (Å²) >= 11 is 6.13. The summed E-state index contributed by atoms with van der Waals surface area (Å²) in [5, 5.41) is 21.6. The third-order valence-electron chi connectivity index (χ3n) is 5.67. The number of amides is 4. The van der Waals surface area contributed by atoms with Crippen molar-refractivity contribution in [2.24, 2.45) is 5.92 Å². The number of urea groups is 1. The lowest BCUT2D eigenvalue weighted by molar-refractivity contribution is -0.126. The van der Waals surface area contributed by atoms with Gasteiger partial charge in [-0.05, 0) is 30.9 Å². The van der Waals surface area contributed by atoms with Crippen LogP contribution in [0.15, 0.2) is 48.5 Å². The molecule has 37 heavy (non-hydrogen) atoms. The van der Waals surface area contributed by atoms with Gasteiger partial charge in [0.15, 0.2) is 0 Å². The van der Waals surface area contributed by atoms with Gasteiger partial charge in [0, 0.05) is 25.1 Å². The quantitative estimate of drug-likeness (QED) is 0.271. The zero-order valence-corrected chi connectivity index (χ0v) is 22.5. The molecule has 5 N–H and O–H groups in total. The van der Waals surface area contributed by atoms with Crippen LogP contribution in [0.1, 0.15) is 44.7 Å². The first-order chi connectivity index (χ1) is 17.6. The summed E-state index contributed by atoms with van der Waals surface area (Å²) in [4.78, 5) is 38.1. The second-order valence-electron chi connectivity index (χ2n) is 9.26. The summed E-state index contributed by atoms with van der Waals surface area (Å²) in [6.07, 6.45) is -0.763. The van der Waals surface area contributed by atoms with Gasteiger partial charge in [-0.2, -0.15) is 0 Å². The Balaban J connectivity index is 1.96. The Morgan fingerprint density at radius 2 is 1.65 bits per heavy atom. The Morgan fingerprint density at radius 1 is 0.946 bits per heavy atom. The van der Waals surface area contributed by atoms with Crippen LogP contribution in [-0.2, 0) is 22.7 Å². The second-order valence-corrected chi connectivity index (χ2v) is 9.67. The van der Waals surface area contributed by atoms with Crippen molar-refractivity contribution in [1.82, 2.24) is 21.3 Å². The Hall–Kier alpha value is -3.30. The predicted molar refractivity (Wildman–Crippen MR) is 143 cm³/mol. The van der Waals surface area contributed by atoms with Crippen molar-refractivity contribution in [3.8, 4) is 5.75 Å². The molecule has 10 heteroatoms. The number of methoxy groups -OCH3 is 1. The highest BCUT2D eigenvalue weighted by atomic mass is 35.5. The molecule has 0 saturated heterocycles. The van der Waals surface area contributed by atoms with Gasteiger partial charge in [0.05, 0.1) is 24.3 Å². The topological polar surface area (TPSA) is 129 Å². The van der Waals surface area contributed by atoms with Gasteiger partial charge < -0.3 is 31.1 Å². The maximum absolute atomic E-state index is 13.1. The van der Waals surface area contributed by atoms with E-state index in [1.807, 2.05) is 44.2 Å². The van der Waals surface area contributed by atoms with E-state index in [-0.39, 0.29) is 24.8 Å². The number of hydrogen-bond donors (Lipinski definition) is 5. The van der Waals surface area contributed by atoms with Crippen LogP contribution in [0.4, 0.5) is 4.79 Å². The largest absolute Gasteiger partial charge is 0.495 e. The molecule has 1 unspecified atom stereocenters. The van der Waals surface area contributed by atoms with Crippen LogP contribution >= 0.6 is 11.6 Å². The molecule has 2 aromatic carbocycles. The molecule has 4 amide bonds. The lowest BCUT2D eigenvalue weighted by atomic mass is 10.0. The first-order valence-electron chi connectivity index (χ1n) is 12.3. The van der Waals surface area contributed by atoms with Gasteiger partial charge in [-0.15, -0.1) is 0 Å². The number of rotatable bonds is 13. The Labute approximate surface area is 223 Å². The fraction of sp³-hybridized carbons (Fsp3) is 0.444. The molecule has 2 aromatic rings. The number of aliphatic hydroxyl groups excluding tert-OH is 1. The number of nitrogens with one attached hydrogen (secondary N) is 4. The summed E-state index contributed by atoms with van der Waals surface area (Å²) in [5.41, 5.74) is 1.63. The highest BCUT2D eigenvalue weighted by Crippen LogP contribution is 2.28. The number of benzene rings is 2. The minimum Gasteiger partial charge on any atom is -0.495 e. The lowest BCUT2D eigenvalue weighted by Gasteiger charge is -2.26. The van der Waals surface area contributed by atoms with Crippen molar-refractivity contribution in [2.45, 2.75) is 64.9 Å². The Kier molecular flexibility index (Phi) is 12.2. The Bertz CT molecular complexity index is 1030. The molecule has 9 nitrogen and oxygen atoms in total. The van der Waals surface area contributed by atoms with E-state index in [2.05, 4.69) is 21.3 Å². The number of halogens is 1. The van der Waals surface area contributed by atoms with E-state index in [1.165, 1.54) is 14.0 Å². The summed E-state index contributed by atoms with van der Waals surface area (Å²) in [5.74, 6) is -0.259. The van der Waals surface area contributed by atoms with Crippen molar-refractivity contribution in [3.05, 3.63) is 64.7 Å². The van der Waals surface area contributed by atoms with Gasteiger partial charge in [0.25, 0.3) is 0 Å². The van der Waals surface area contributed by atoms with E-state index >= 15 is 0 Å². The molecule has 0 fully saturated rings. The fourth-order valence-corrected chi connectivity index (χ4v) is 3.97. The normalized spacial score (nSPS) is 13.3. The number of aliphatic hydroxyl groups is 1. The molecular weight excluding hydrogens is 496 g/mol. The minimum absolute atomic E-state index is 0.117. The molecule has 2 rings (SSSR count). The van der Waals surface area contributed by atoms with Crippen molar-refractivity contribution >= 4 is 29.4 Å². The van der Waals surface area contributed by atoms with Gasteiger partial charge >= 0.3 is 6.03 Å². The van der Waals surface area contributed by atoms with Crippen molar-refractivity contribution in [1.29, 1.82) is 0 Å². The third kappa shape index (κ3) is 10.3. The summed E-state index contributed by atoms with van der Waals surface area (Å²) in [6.45, 7) is 5.86. The average molecular weight is 533 g/mol. The number of ether oxygens (including phenoxy) is 1. The maximum Gasteiger partial charge on any atom is 0.315 e. The zero-order valence-electron chi connectivity index (χ0n) is 21.7. The second kappa shape index (κ2) is 15.1. The van der Waals surface area contributed by atoms with Crippen LogP contribution in [-0.4, -0.2) is 48.2 Å². The summed E-state index contributed by atoms with van der Waals surface area (Å²) < 4.78 is 5.29. The number of hydrogen-bond acceptors (Lipinski definition) is 5. The molecule has 0 aromatic heterocycles. The van der Waals surface area contributed by atoms with Crippen LogP contribution in [0.3, 0.4) is 0 Å². The van der Waals surface area contributed by atoms with Gasteiger partial charge in [0.2, 0.25) is 11.8 Å². The van der Waals surface area contributed by atoms with Crippen molar-refractivity contribution in [2.75, 3.05) is 7.11 Å². The standard InChI is InChI=1S/C27H37ClN4O5/c1-17(2)13-23(32-27(36)30-15-19-9-6-5-7-10-19)26(35)31-22(18(3)33)14-24(34)29-16-20-11-8-12-21(28)25(20)37-4/h5-12,17-18,22-23,33H,13-16H2,1-4H3,(H,29,34)(H,31,35)(H2,30,32,36)/t18-,22?,23-/m0/s1. The molecule has 0 aliphatic heterocycles. The molecule has 0 aliphatic rings. The number of para-hydroxylation sites is 1. The molecular formula is C27H37ClN4O5. The van der Waals surface area contributed by atoms with E-state index in [0.29, 0.717) is 29.3 Å². The first-order valence-corrected chi connectivity index (χ1v) is 12.6. The molecule has 202 valence electrons. The van der Waals surface area contributed by atoms with Gasteiger partial charge in [-0.1, -0.05) is 67.9 Å². The predicted octanol–water partition coefficient (Wildman–Crippen LogP) is 3.13. The van der Waals surface area contributed by atoms with E-state index < -0.39 is 30.1 Å². The van der Waals surface area contributed by atoms with Crippen LogP contribution in [0, 0.1) is 5.92 Å². The number of carbonyl (C=O) groups is 3. The zero-order chi connectivity index (χ0) is 27.4. The molecule has 3 atom stereocenters. The molecule has 0 bridgehead atoms. The van der Waals surface area contributed by atoms with Crippen molar-refractivity contribution in [3.63, 3.8) is 0 Å². The van der Waals surface area contributed by atoms with Gasteiger partial charge in [-0.3, -0.25) is 9.59 Å². The van der Waals surface area contributed by atoms with E-state index in [0.717, 1.165) is 5.56 Å². The maximum atomic E-state index is 13.1. The van der Waals surface area contributed by atoms with E-state index in [1.54, 1.807) is 18.2 Å². The van der Waals surface area contributed by atoms with Crippen LogP contribution in [0.2, 0.25) is 5.02 Å². The van der Waals surface area contributed by atoms with E-state index in [4.69, 9.17) is 16.3 Å². The summed E-state index contributed by atoms with van der Waals surface area (Å²) in [7, 11) is 1.50. The smallest absolute Gasteiger partial charge is 0.315 e. The highest BCUT2D eigenvalue weighted by molar-refractivity contribution is 6.32. The lowest BCUT2D eigenvalue weighted by Crippen LogP contribution is -2.54. The van der Waals surface area contributed by atoms with Crippen LogP contribution < -0.4 is 26.0 Å². The molecule has 0 aliphatic carbocycles. The van der Waals surface area contributed by atoms with Gasteiger partial charge in [-0.25, -0.2) is 4.79 Å². The molecule has 0 radical (unpaired) electrons. The monoisotopic (exact) mass is 532 g/mol. The molecule has 0 spiro atoms. The van der Waals surface area contributed by atoms with E-state index in [9.17, 15) is 19.5 Å². The molecule has 0 saturated carbocycles. The van der Waals surface area contributed by atoms with Gasteiger partial charge in [0.1, 0.15) is 11.8 Å². The summed E-state index contributed by atoms with van der Waals surface area (Å²) in [6, 6.07) is 12.5. The highest BCUT2D eigenvalue weighted by Gasteiger charge is 2.27. The number of carbonyl (C=O) groups excluding carboxylic acids is 3. The van der Waals surface area contributed by atoms with Crippen LogP contribution in [0.25, 0.3) is 0 Å². The van der Waals surface area contributed by atoms with Crippen molar-refractivity contribution < 1.29 is 24.2 Å². The average Bonchev–Trinajstić information content (AvgIpc) is 2.85. The SMILES string of the molecule is COc1c(Cl)cccc1CNC(=O)CC(NC(=O)[C@H](CC(C)C)NC(=O)NCc1ccccc1)[C@H](C)O. The first kappa shape index (κ1) is 29.9. The minimum atomic E-state index is -0.998. The Morgan fingerprint density at radius 3 is 2.27 bits per heavy atom. The fourth-order valence-electron chi connectivity index (χ4n) is 3.70. The molecule has 0 heterocycles.